The Balaban J connectivity index is 1.97. The number of aliphatic hydroxyl groups is 1. The fourth-order valence-corrected chi connectivity index (χ4v) is 2.27. The summed E-state index contributed by atoms with van der Waals surface area (Å²) in [5.74, 6) is 0. The third-order valence-corrected chi connectivity index (χ3v) is 3.27. The molecule has 1 saturated heterocycles. The SMILES string of the molecule is CC(C)n1ccc(CN2CCC[C@H]2CO)n1. The Morgan fingerprint density at radius 2 is 2.38 bits per heavy atom. The fraction of sp³-hybridized carbons (Fsp3) is 0.750. The standard InChI is InChI=1S/C12H21N3O/c1-10(2)15-7-5-11(13-15)8-14-6-3-4-12(14)9-16/h5,7,10,12,16H,3-4,6,8-9H2,1-2H3/t12-/m0/s1. The van der Waals surface area contributed by atoms with Gasteiger partial charge in [0.15, 0.2) is 0 Å². The van der Waals surface area contributed by atoms with Gasteiger partial charge in [-0.05, 0) is 39.3 Å². The van der Waals surface area contributed by atoms with Gasteiger partial charge in [0.05, 0.1) is 12.3 Å². The number of aliphatic hydroxyl groups excluding tert-OH is 1. The van der Waals surface area contributed by atoms with E-state index in [2.05, 4.69) is 29.9 Å². The van der Waals surface area contributed by atoms with E-state index in [1.807, 2.05) is 10.9 Å². The topological polar surface area (TPSA) is 41.3 Å². The molecule has 0 aliphatic carbocycles. The Labute approximate surface area is 96.9 Å². The number of hydrogen-bond acceptors (Lipinski definition) is 3. The zero-order valence-electron chi connectivity index (χ0n) is 10.1. The highest BCUT2D eigenvalue weighted by Gasteiger charge is 2.24. The normalized spacial score (nSPS) is 22.1. The van der Waals surface area contributed by atoms with Crippen LogP contribution in [0.4, 0.5) is 0 Å². The lowest BCUT2D eigenvalue weighted by atomic mass is 10.2. The summed E-state index contributed by atoms with van der Waals surface area (Å²) in [4.78, 5) is 2.33. The van der Waals surface area contributed by atoms with E-state index in [1.54, 1.807) is 0 Å². The maximum Gasteiger partial charge on any atom is 0.0765 e. The summed E-state index contributed by atoms with van der Waals surface area (Å²) in [5.41, 5.74) is 1.11. The van der Waals surface area contributed by atoms with E-state index in [0.717, 1.165) is 25.2 Å². The monoisotopic (exact) mass is 223 g/mol. The highest BCUT2D eigenvalue weighted by atomic mass is 16.3. The van der Waals surface area contributed by atoms with Crippen LogP contribution >= 0.6 is 0 Å². The lowest BCUT2D eigenvalue weighted by Gasteiger charge is -2.21. The van der Waals surface area contributed by atoms with Gasteiger partial charge in [0.2, 0.25) is 0 Å². The molecule has 90 valence electrons. The summed E-state index contributed by atoms with van der Waals surface area (Å²) in [6.07, 6.45) is 4.33. The van der Waals surface area contributed by atoms with E-state index in [4.69, 9.17) is 0 Å². The van der Waals surface area contributed by atoms with Gasteiger partial charge in [-0.1, -0.05) is 0 Å². The van der Waals surface area contributed by atoms with E-state index in [9.17, 15) is 5.11 Å². The molecule has 0 amide bonds. The molecule has 0 spiro atoms. The zero-order chi connectivity index (χ0) is 11.5. The van der Waals surface area contributed by atoms with Crippen LogP contribution in [0.2, 0.25) is 0 Å². The first-order valence-corrected chi connectivity index (χ1v) is 6.09. The van der Waals surface area contributed by atoms with Gasteiger partial charge < -0.3 is 5.11 Å². The summed E-state index contributed by atoms with van der Waals surface area (Å²) >= 11 is 0. The molecule has 1 fully saturated rings. The molecule has 0 aromatic carbocycles. The van der Waals surface area contributed by atoms with E-state index in [-0.39, 0.29) is 6.61 Å². The van der Waals surface area contributed by atoms with Gasteiger partial charge in [-0.3, -0.25) is 9.58 Å². The number of hydrogen-bond donors (Lipinski definition) is 1. The maximum atomic E-state index is 9.24. The Morgan fingerprint density at radius 3 is 3.00 bits per heavy atom. The molecule has 1 atom stereocenters. The predicted molar refractivity (Wildman–Crippen MR) is 63.1 cm³/mol. The third-order valence-electron chi connectivity index (χ3n) is 3.27. The third kappa shape index (κ3) is 2.44. The quantitative estimate of drug-likeness (QED) is 0.839. The fourth-order valence-electron chi connectivity index (χ4n) is 2.27. The highest BCUT2D eigenvalue weighted by molar-refractivity contribution is 5.00. The Bertz CT molecular complexity index is 335. The number of likely N-dealkylation sites (tertiary alicyclic amines) is 1. The predicted octanol–water partition coefficient (Wildman–Crippen LogP) is 1.42. The van der Waals surface area contributed by atoms with Crippen LogP contribution in [0.1, 0.15) is 38.4 Å². The summed E-state index contributed by atoms with van der Waals surface area (Å²) in [5, 5.41) is 13.8. The second-order valence-corrected chi connectivity index (χ2v) is 4.83. The van der Waals surface area contributed by atoms with E-state index >= 15 is 0 Å². The molecule has 4 nitrogen and oxygen atoms in total. The maximum absolute atomic E-state index is 9.24. The molecule has 1 aromatic rings. The summed E-state index contributed by atoms with van der Waals surface area (Å²) in [7, 11) is 0. The summed E-state index contributed by atoms with van der Waals surface area (Å²) in [6, 6.07) is 2.83. The van der Waals surface area contributed by atoms with Crippen LogP contribution in [-0.4, -0.2) is 39.0 Å². The molecule has 2 rings (SSSR count). The first kappa shape index (κ1) is 11.6. The molecular weight excluding hydrogens is 202 g/mol. The van der Waals surface area contributed by atoms with Crippen LogP contribution in [-0.2, 0) is 6.54 Å². The Hall–Kier alpha value is -0.870. The molecule has 1 aliphatic heterocycles. The highest BCUT2D eigenvalue weighted by Crippen LogP contribution is 2.19. The average Bonchev–Trinajstić information content (AvgIpc) is 2.87. The Kier molecular flexibility index (Phi) is 3.61. The first-order valence-electron chi connectivity index (χ1n) is 6.09. The van der Waals surface area contributed by atoms with Crippen molar-refractivity contribution in [3.8, 4) is 0 Å². The lowest BCUT2D eigenvalue weighted by Crippen LogP contribution is -2.31. The summed E-state index contributed by atoms with van der Waals surface area (Å²) < 4.78 is 1.99. The van der Waals surface area contributed by atoms with Crippen LogP contribution in [0, 0.1) is 0 Å². The molecule has 0 saturated carbocycles. The van der Waals surface area contributed by atoms with Gasteiger partial charge >= 0.3 is 0 Å². The summed E-state index contributed by atoms with van der Waals surface area (Å²) in [6.45, 7) is 6.47. The minimum atomic E-state index is 0.269. The van der Waals surface area contributed by atoms with Crippen molar-refractivity contribution < 1.29 is 5.11 Å². The molecule has 0 bridgehead atoms. The molecule has 16 heavy (non-hydrogen) atoms. The Morgan fingerprint density at radius 1 is 1.56 bits per heavy atom. The molecular formula is C12H21N3O. The second-order valence-electron chi connectivity index (χ2n) is 4.83. The van der Waals surface area contributed by atoms with Gasteiger partial charge in [-0.15, -0.1) is 0 Å². The van der Waals surface area contributed by atoms with Crippen molar-refractivity contribution in [3.05, 3.63) is 18.0 Å². The second kappa shape index (κ2) is 4.97. The van der Waals surface area contributed by atoms with E-state index in [0.29, 0.717) is 12.1 Å². The van der Waals surface area contributed by atoms with Crippen molar-refractivity contribution in [2.24, 2.45) is 0 Å². The van der Waals surface area contributed by atoms with Gasteiger partial charge in [0, 0.05) is 24.8 Å². The minimum Gasteiger partial charge on any atom is -0.395 e. The molecule has 0 unspecified atom stereocenters. The smallest absolute Gasteiger partial charge is 0.0765 e. The van der Waals surface area contributed by atoms with Gasteiger partial charge in [0.1, 0.15) is 0 Å². The number of nitrogens with zero attached hydrogens (tertiary/aromatic N) is 3. The van der Waals surface area contributed by atoms with Crippen LogP contribution in [0.3, 0.4) is 0 Å². The zero-order valence-corrected chi connectivity index (χ0v) is 10.1. The minimum absolute atomic E-state index is 0.269. The molecule has 2 heterocycles. The average molecular weight is 223 g/mol. The molecule has 4 heteroatoms. The molecule has 1 N–H and O–H groups in total. The number of aromatic nitrogens is 2. The van der Waals surface area contributed by atoms with Gasteiger partial charge in [-0.2, -0.15) is 5.10 Å². The van der Waals surface area contributed by atoms with Gasteiger partial charge in [-0.25, -0.2) is 0 Å². The molecule has 1 aliphatic rings. The largest absolute Gasteiger partial charge is 0.395 e. The van der Waals surface area contributed by atoms with Crippen molar-refractivity contribution in [1.29, 1.82) is 0 Å². The van der Waals surface area contributed by atoms with Crippen LogP contribution in [0.25, 0.3) is 0 Å². The number of rotatable bonds is 4. The van der Waals surface area contributed by atoms with Crippen molar-refractivity contribution in [3.63, 3.8) is 0 Å². The lowest BCUT2D eigenvalue weighted by molar-refractivity contribution is 0.152. The first-order chi connectivity index (χ1) is 7.70. The van der Waals surface area contributed by atoms with E-state index < -0.39 is 0 Å². The van der Waals surface area contributed by atoms with Crippen LogP contribution in [0.15, 0.2) is 12.3 Å². The molecule has 1 aromatic heterocycles. The van der Waals surface area contributed by atoms with Crippen molar-refractivity contribution in [2.45, 2.75) is 45.3 Å². The van der Waals surface area contributed by atoms with Crippen molar-refractivity contribution in [1.82, 2.24) is 14.7 Å². The van der Waals surface area contributed by atoms with Crippen LogP contribution < -0.4 is 0 Å². The van der Waals surface area contributed by atoms with Crippen molar-refractivity contribution >= 4 is 0 Å². The van der Waals surface area contributed by atoms with Crippen LogP contribution in [0.5, 0.6) is 0 Å². The van der Waals surface area contributed by atoms with Gasteiger partial charge in [0.25, 0.3) is 0 Å². The van der Waals surface area contributed by atoms with E-state index in [1.165, 1.54) is 6.42 Å². The van der Waals surface area contributed by atoms with Crippen molar-refractivity contribution in [2.75, 3.05) is 13.2 Å². The molecule has 0 radical (unpaired) electrons.